The van der Waals surface area contributed by atoms with Crippen LogP contribution in [0.5, 0.6) is 5.75 Å². The molecule has 0 bridgehead atoms. The Morgan fingerprint density at radius 3 is 2.33 bits per heavy atom. The summed E-state index contributed by atoms with van der Waals surface area (Å²) in [4.78, 5) is 24.0. The van der Waals surface area contributed by atoms with Crippen LogP contribution in [0.1, 0.15) is 27.0 Å². The number of ether oxygens (including phenoxy) is 1. The molecule has 0 radical (unpaired) electrons. The van der Waals surface area contributed by atoms with Crippen molar-refractivity contribution in [1.29, 1.82) is 0 Å². The smallest absolute Gasteiger partial charge is 0.258 e. The molecule has 2 aromatic carbocycles. The van der Waals surface area contributed by atoms with Gasteiger partial charge in [-0.1, -0.05) is 35.3 Å². The zero-order valence-electron chi connectivity index (χ0n) is 15.5. The van der Waals surface area contributed by atoms with Gasteiger partial charge in [-0.3, -0.25) is 9.59 Å². The zero-order chi connectivity index (χ0) is 20.0. The fourth-order valence-corrected chi connectivity index (χ4v) is 2.98. The first-order valence-electron chi connectivity index (χ1n) is 8.49. The summed E-state index contributed by atoms with van der Waals surface area (Å²) in [6.07, 6.45) is 0. The lowest BCUT2D eigenvalue weighted by atomic mass is 10.1. The first-order chi connectivity index (χ1) is 12.8. The van der Waals surface area contributed by atoms with E-state index in [-0.39, 0.29) is 36.5 Å². The number of hydrogen-bond donors (Lipinski definition) is 2. The lowest BCUT2D eigenvalue weighted by Gasteiger charge is -2.14. The molecule has 0 unspecified atom stereocenters. The first-order valence-corrected chi connectivity index (χ1v) is 9.24. The van der Waals surface area contributed by atoms with Crippen LogP contribution in [0.3, 0.4) is 0 Å². The summed E-state index contributed by atoms with van der Waals surface area (Å²) in [5.74, 6) is 0.151. The molecule has 0 fully saturated rings. The lowest BCUT2D eigenvalue weighted by molar-refractivity contribution is -0.123. The summed E-state index contributed by atoms with van der Waals surface area (Å²) in [5, 5.41) is 6.14. The van der Waals surface area contributed by atoms with Gasteiger partial charge in [0.25, 0.3) is 11.8 Å². The van der Waals surface area contributed by atoms with Crippen molar-refractivity contribution in [2.75, 3.05) is 19.7 Å². The quantitative estimate of drug-likeness (QED) is 0.683. The summed E-state index contributed by atoms with van der Waals surface area (Å²) in [6, 6.07) is 8.64. The van der Waals surface area contributed by atoms with Crippen LogP contribution < -0.4 is 15.4 Å². The maximum Gasteiger partial charge on any atom is 0.258 e. The van der Waals surface area contributed by atoms with E-state index in [2.05, 4.69) is 10.6 Å². The van der Waals surface area contributed by atoms with Crippen LogP contribution in [0.25, 0.3) is 0 Å². The van der Waals surface area contributed by atoms with Crippen molar-refractivity contribution in [3.63, 3.8) is 0 Å². The minimum Gasteiger partial charge on any atom is -0.483 e. The predicted molar refractivity (Wildman–Crippen MR) is 108 cm³/mol. The predicted octanol–water partition coefficient (Wildman–Crippen LogP) is 3.84. The van der Waals surface area contributed by atoms with Gasteiger partial charge in [0.05, 0.1) is 10.6 Å². The summed E-state index contributed by atoms with van der Waals surface area (Å²) in [6.45, 7) is 6.38. The van der Waals surface area contributed by atoms with E-state index in [4.69, 9.17) is 27.9 Å². The fourth-order valence-electron chi connectivity index (χ4n) is 2.48. The van der Waals surface area contributed by atoms with Crippen LogP contribution in [0.15, 0.2) is 30.3 Å². The molecule has 0 saturated carbocycles. The number of halogens is 2. The molecule has 0 atom stereocenters. The number of aryl methyl sites for hydroxylation is 2. The van der Waals surface area contributed by atoms with Crippen LogP contribution in [0.2, 0.25) is 10.0 Å². The van der Waals surface area contributed by atoms with Gasteiger partial charge in [-0.25, -0.2) is 0 Å². The van der Waals surface area contributed by atoms with Gasteiger partial charge in [-0.2, -0.15) is 0 Å². The highest BCUT2D eigenvalue weighted by Crippen LogP contribution is 2.25. The minimum absolute atomic E-state index is 0.0813. The number of nitrogens with one attached hydrogen (secondary N) is 2. The van der Waals surface area contributed by atoms with Crippen LogP contribution >= 0.6 is 23.2 Å². The summed E-state index contributed by atoms with van der Waals surface area (Å²) >= 11 is 11.8. The van der Waals surface area contributed by atoms with E-state index in [1.807, 2.05) is 32.9 Å². The molecule has 27 heavy (non-hydrogen) atoms. The Morgan fingerprint density at radius 1 is 0.963 bits per heavy atom. The highest BCUT2D eigenvalue weighted by Gasteiger charge is 2.11. The van der Waals surface area contributed by atoms with Crippen molar-refractivity contribution in [2.24, 2.45) is 0 Å². The Hall–Kier alpha value is -2.24. The number of amides is 2. The topological polar surface area (TPSA) is 67.4 Å². The van der Waals surface area contributed by atoms with Gasteiger partial charge >= 0.3 is 0 Å². The standard InChI is InChI=1S/C20H22Cl2N2O3/c1-12-4-5-13(2)19(14(12)3)27-11-18(25)23-8-9-24-20(26)16-7-6-15(21)10-17(16)22/h4-7,10H,8-9,11H2,1-3H3,(H,23,25)(H,24,26). The van der Waals surface area contributed by atoms with Gasteiger partial charge in [-0.15, -0.1) is 0 Å². The average Bonchev–Trinajstić information content (AvgIpc) is 2.61. The molecule has 2 amide bonds. The van der Waals surface area contributed by atoms with E-state index in [0.717, 1.165) is 22.4 Å². The summed E-state index contributed by atoms with van der Waals surface area (Å²) in [7, 11) is 0. The number of benzene rings is 2. The molecule has 144 valence electrons. The molecule has 0 heterocycles. The monoisotopic (exact) mass is 408 g/mol. The normalized spacial score (nSPS) is 10.4. The van der Waals surface area contributed by atoms with Crippen LogP contribution in [0, 0.1) is 20.8 Å². The SMILES string of the molecule is Cc1ccc(C)c(OCC(=O)NCCNC(=O)c2ccc(Cl)cc2Cl)c1C. The minimum atomic E-state index is -0.326. The molecule has 5 nitrogen and oxygen atoms in total. The van der Waals surface area contributed by atoms with Gasteiger partial charge < -0.3 is 15.4 Å². The number of rotatable bonds is 7. The second-order valence-corrected chi connectivity index (χ2v) is 7.02. The third-order valence-electron chi connectivity index (χ3n) is 4.13. The molecule has 0 saturated heterocycles. The molecule has 2 rings (SSSR count). The summed E-state index contributed by atoms with van der Waals surface area (Å²) < 4.78 is 5.66. The maximum atomic E-state index is 12.1. The zero-order valence-corrected chi connectivity index (χ0v) is 17.0. The van der Waals surface area contributed by atoms with E-state index < -0.39 is 0 Å². The van der Waals surface area contributed by atoms with Gasteiger partial charge in [0.1, 0.15) is 5.75 Å². The van der Waals surface area contributed by atoms with Crippen LogP contribution in [-0.2, 0) is 4.79 Å². The van der Waals surface area contributed by atoms with E-state index in [0.29, 0.717) is 10.6 Å². The van der Waals surface area contributed by atoms with E-state index >= 15 is 0 Å². The Bertz CT molecular complexity index is 853. The van der Waals surface area contributed by atoms with Gasteiger partial charge in [0.15, 0.2) is 6.61 Å². The number of hydrogen-bond acceptors (Lipinski definition) is 3. The molecular formula is C20H22Cl2N2O3. The molecule has 2 N–H and O–H groups in total. The Labute approximate surface area is 169 Å². The highest BCUT2D eigenvalue weighted by atomic mass is 35.5. The van der Waals surface area contributed by atoms with Crippen molar-refractivity contribution in [2.45, 2.75) is 20.8 Å². The third-order valence-corrected chi connectivity index (χ3v) is 4.68. The second kappa shape index (κ2) is 9.62. The molecule has 0 aromatic heterocycles. The van der Waals surface area contributed by atoms with Gasteiger partial charge in [0.2, 0.25) is 0 Å². The number of carbonyl (C=O) groups excluding carboxylic acids is 2. The third kappa shape index (κ3) is 5.88. The van der Waals surface area contributed by atoms with Crippen molar-refractivity contribution in [3.8, 4) is 5.75 Å². The first kappa shape index (κ1) is 21.1. The Kier molecular flexibility index (Phi) is 7.51. The molecule has 0 aliphatic heterocycles. The molecule has 0 aliphatic carbocycles. The second-order valence-electron chi connectivity index (χ2n) is 6.17. The van der Waals surface area contributed by atoms with E-state index in [1.165, 1.54) is 6.07 Å². The molecule has 7 heteroatoms. The molecule has 0 aliphatic rings. The van der Waals surface area contributed by atoms with E-state index in [9.17, 15) is 9.59 Å². The maximum absolute atomic E-state index is 12.1. The van der Waals surface area contributed by atoms with Crippen molar-refractivity contribution in [1.82, 2.24) is 10.6 Å². The Morgan fingerprint density at radius 2 is 1.63 bits per heavy atom. The largest absolute Gasteiger partial charge is 0.483 e. The fraction of sp³-hybridized carbons (Fsp3) is 0.300. The number of carbonyl (C=O) groups is 2. The Balaban J connectivity index is 1.75. The molecule has 2 aromatic rings. The van der Waals surface area contributed by atoms with Crippen molar-refractivity contribution < 1.29 is 14.3 Å². The van der Waals surface area contributed by atoms with Gasteiger partial charge in [-0.05, 0) is 55.7 Å². The average molecular weight is 409 g/mol. The van der Waals surface area contributed by atoms with Crippen molar-refractivity contribution >= 4 is 35.0 Å². The lowest BCUT2D eigenvalue weighted by Crippen LogP contribution is -2.37. The van der Waals surface area contributed by atoms with Crippen molar-refractivity contribution in [3.05, 3.63) is 62.6 Å². The molecular weight excluding hydrogens is 387 g/mol. The van der Waals surface area contributed by atoms with Crippen LogP contribution in [-0.4, -0.2) is 31.5 Å². The molecule has 0 spiro atoms. The van der Waals surface area contributed by atoms with Crippen LogP contribution in [0.4, 0.5) is 0 Å². The highest BCUT2D eigenvalue weighted by molar-refractivity contribution is 6.36. The van der Waals surface area contributed by atoms with E-state index in [1.54, 1.807) is 12.1 Å². The summed E-state index contributed by atoms with van der Waals surface area (Å²) in [5.41, 5.74) is 3.45. The van der Waals surface area contributed by atoms with Gasteiger partial charge in [0, 0.05) is 18.1 Å².